The maximum atomic E-state index is 11.9. The van der Waals surface area contributed by atoms with E-state index in [0.717, 1.165) is 22.0 Å². The molecule has 5 nitrogen and oxygen atoms in total. The Bertz CT molecular complexity index is 545. The monoisotopic (exact) mass is 340 g/mol. The van der Waals surface area contributed by atoms with E-state index >= 15 is 0 Å². The highest BCUT2D eigenvalue weighted by Crippen LogP contribution is 2.32. The molecule has 6 heteroatoms. The smallest absolute Gasteiger partial charge is 0.329 e. The molecule has 3 N–H and O–H groups in total. The minimum atomic E-state index is -1.09. The highest BCUT2D eigenvalue weighted by molar-refractivity contribution is 9.10. The highest BCUT2D eigenvalue weighted by Gasteiger charge is 2.45. The lowest BCUT2D eigenvalue weighted by Gasteiger charge is -2.38. The van der Waals surface area contributed by atoms with E-state index in [-0.39, 0.29) is 0 Å². The largest absolute Gasteiger partial charge is 0.480 e. The molecule has 1 aliphatic rings. The van der Waals surface area contributed by atoms with Gasteiger partial charge in [0.25, 0.3) is 0 Å². The molecule has 2 amide bonds. The van der Waals surface area contributed by atoms with E-state index < -0.39 is 17.5 Å². The zero-order valence-corrected chi connectivity index (χ0v) is 13.0. The second kappa shape index (κ2) is 5.44. The van der Waals surface area contributed by atoms with Gasteiger partial charge in [-0.25, -0.2) is 9.59 Å². The molecule has 0 heterocycles. The van der Waals surface area contributed by atoms with Crippen LogP contribution < -0.4 is 10.6 Å². The molecule has 1 aliphatic carbocycles. The van der Waals surface area contributed by atoms with Crippen molar-refractivity contribution in [3.63, 3.8) is 0 Å². The Hall–Kier alpha value is -1.56. The standard InChI is InChI=1S/C14H17BrN2O3/c1-8-6-10(7-9(2)11(8)15)16-13(20)17-14(12(18)19)4-3-5-14/h6-7H,3-5H2,1-2H3,(H,18,19)(H2,16,17,20). The first-order valence-corrected chi connectivity index (χ1v) is 7.23. The van der Waals surface area contributed by atoms with Crippen LogP contribution >= 0.6 is 15.9 Å². The number of rotatable bonds is 3. The van der Waals surface area contributed by atoms with Crippen LogP contribution in [0.1, 0.15) is 30.4 Å². The van der Waals surface area contributed by atoms with Crippen molar-refractivity contribution < 1.29 is 14.7 Å². The predicted molar refractivity (Wildman–Crippen MR) is 80.0 cm³/mol. The number of urea groups is 1. The Balaban J connectivity index is 2.07. The number of benzene rings is 1. The SMILES string of the molecule is Cc1cc(NC(=O)NC2(C(=O)O)CCC2)cc(C)c1Br. The molecule has 0 atom stereocenters. The van der Waals surface area contributed by atoms with Crippen molar-refractivity contribution in [2.24, 2.45) is 0 Å². The average Bonchev–Trinajstić information content (AvgIpc) is 2.30. The number of carbonyl (C=O) groups excluding carboxylic acids is 1. The summed E-state index contributed by atoms with van der Waals surface area (Å²) in [6.45, 7) is 3.87. The van der Waals surface area contributed by atoms with Crippen LogP contribution in [0.3, 0.4) is 0 Å². The molecule has 1 fully saturated rings. The van der Waals surface area contributed by atoms with E-state index in [1.165, 1.54) is 0 Å². The fraction of sp³-hybridized carbons (Fsp3) is 0.429. The Morgan fingerprint density at radius 3 is 2.20 bits per heavy atom. The molecule has 0 unspecified atom stereocenters. The Labute approximate surface area is 125 Å². The second-order valence-electron chi connectivity index (χ2n) is 5.24. The van der Waals surface area contributed by atoms with E-state index in [1.807, 2.05) is 26.0 Å². The molecule has 0 spiro atoms. The number of carbonyl (C=O) groups is 2. The van der Waals surface area contributed by atoms with Crippen molar-refractivity contribution in [3.05, 3.63) is 27.7 Å². The minimum Gasteiger partial charge on any atom is -0.480 e. The van der Waals surface area contributed by atoms with Gasteiger partial charge in [-0.05, 0) is 56.4 Å². The van der Waals surface area contributed by atoms with Crippen molar-refractivity contribution in [1.82, 2.24) is 5.32 Å². The molecule has 1 saturated carbocycles. The molecular formula is C14H17BrN2O3. The lowest BCUT2D eigenvalue weighted by molar-refractivity contribution is -0.148. The van der Waals surface area contributed by atoms with E-state index in [2.05, 4.69) is 26.6 Å². The number of aryl methyl sites for hydroxylation is 2. The van der Waals surface area contributed by atoms with Gasteiger partial charge in [-0.15, -0.1) is 0 Å². The first-order valence-electron chi connectivity index (χ1n) is 6.43. The summed E-state index contributed by atoms with van der Waals surface area (Å²) in [5.41, 5.74) is 1.58. The number of halogens is 1. The molecule has 108 valence electrons. The summed E-state index contributed by atoms with van der Waals surface area (Å²) in [5.74, 6) is -0.970. The number of amides is 2. The third kappa shape index (κ3) is 2.80. The van der Waals surface area contributed by atoms with Crippen LogP contribution in [0.4, 0.5) is 10.5 Å². The number of anilines is 1. The summed E-state index contributed by atoms with van der Waals surface area (Å²) in [6, 6.07) is 3.20. The van der Waals surface area contributed by atoms with Gasteiger partial charge in [0.15, 0.2) is 0 Å². The van der Waals surface area contributed by atoms with Gasteiger partial charge in [0.2, 0.25) is 0 Å². The van der Waals surface area contributed by atoms with Crippen LogP contribution in [-0.4, -0.2) is 22.6 Å². The number of aliphatic carboxylic acids is 1. The van der Waals surface area contributed by atoms with Crippen LogP contribution in [0.25, 0.3) is 0 Å². The molecule has 0 aromatic heterocycles. The molecule has 1 aromatic carbocycles. The summed E-state index contributed by atoms with van der Waals surface area (Å²) >= 11 is 3.46. The van der Waals surface area contributed by atoms with Crippen molar-refractivity contribution >= 4 is 33.6 Å². The van der Waals surface area contributed by atoms with Gasteiger partial charge in [-0.1, -0.05) is 15.9 Å². The van der Waals surface area contributed by atoms with Gasteiger partial charge in [-0.3, -0.25) is 0 Å². The van der Waals surface area contributed by atoms with Crippen LogP contribution in [0, 0.1) is 13.8 Å². The van der Waals surface area contributed by atoms with Gasteiger partial charge < -0.3 is 15.7 Å². The zero-order valence-electron chi connectivity index (χ0n) is 11.4. The summed E-state index contributed by atoms with van der Waals surface area (Å²) in [5, 5.41) is 14.4. The number of nitrogens with one attached hydrogen (secondary N) is 2. The average molecular weight is 341 g/mol. The number of carboxylic acid groups (broad SMARTS) is 1. The third-order valence-corrected chi connectivity index (χ3v) is 4.91. The van der Waals surface area contributed by atoms with Crippen LogP contribution in [0.5, 0.6) is 0 Å². The topological polar surface area (TPSA) is 78.4 Å². The molecule has 1 aromatic rings. The van der Waals surface area contributed by atoms with Gasteiger partial charge >= 0.3 is 12.0 Å². The number of carboxylic acids is 1. The molecular weight excluding hydrogens is 324 g/mol. The quantitative estimate of drug-likeness (QED) is 0.790. The van der Waals surface area contributed by atoms with Crippen molar-refractivity contribution in [3.8, 4) is 0 Å². The van der Waals surface area contributed by atoms with Gasteiger partial charge in [0.05, 0.1) is 0 Å². The first-order chi connectivity index (χ1) is 9.34. The lowest BCUT2D eigenvalue weighted by Crippen LogP contribution is -2.60. The molecule has 0 radical (unpaired) electrons. The molecule has 0 bridgehead atoms. The minimum absolute atomic E-state index is 0.478. The Morgan fingerprint density at radius 2 is 1.80 bits per heavy atom. The lowest BCUT2D eigenvalue weighted by atomic mass is 9.77. The van der Waals surface area contributed by atoms with Crippen LogP contribution in [-0.2, 0) is 4.79 Å². The predicted octanol–water partition coefficient (Wildman–Crippen LogP) is 3.19. The number of hydrogen-bond donors (Lipinski definition) is 3. The normalized spacial score (nSPS) is 16.1. The Morgan fingerprint density at radius 1 is 1.25 bits per heavy atom. The molecule has 0 aliphatic heterocycles. The van der Waals surface area contributed by atoms with Gasteiger partial charge in [0, 0.05) is 10.2 Å². The van der Waals surface area contributed by atoms with E-state index in [9.17, 15) is 14.7 Å². The van der Waals surface area contributed by atoms with E-state index in [1.54, 1.807) is 0 Å². The van der Waals surface area contributed by atoms with E-state index in [0.29, 0.717) is 18.5 Å². The maximum absolute atomic E-state index is 11.9. The summed E-state index contributed by atoms with van der Waals surface area (Å²) in [7, 11) is 0. The summed E-state index contributed by atoms with van der Waals surface area (Å²) in [4.78, 5) is 23.1. The Kier molecular flexibility index (Phi) is 4.04. The highest BCUT2D eigenvalue weighted by atomic mass is 79.9. The second-order valence-corrected chi connectivity index (χ2v) is 6.04. The molecule has 0 saturated heterocycles. The number of hydrogen-bond acceptors (Lipinski definition) is 2. The van der Waals surface area contributed by atoms with Crippen molar-refractivity contribution in [1.29, 1.82) is 0 Å². The zero-order chi connectivity index (χ0) is 14.9. The summed E-state index contributed by atoms with van der Waals surface area (Å²) in [6.07, 6.45) is 1.78. The summed E-state index contributed by atoms with van der Waals surface area (Å²) < 4.78 is 1.00. The third-order valence-electron chi connectivity index (χ3n) is 3.66. The van der Waals surface area contributed by atoms with Crippen LogP contribution in [0.2, 0.25) is 0 Å². The fourth-order valence-electron chi connectivity index (χ4n) is 2.32. The maximum Gasteiger partial charge on any atom is 0.329 e. The van der Waals surface area contributed by atoms with Crippen molar-refractivity contribution in [2.45, 2.75) is 38.6 Å². The van der Waals surface area contributed by atoms with Gasteiger partial charge in [-0.2, -0.15) is 0 Å². The fourth-order valence-corrected chi connectivity index (χ4v) is 2.55. The van der Waals surface area contributed by atoms with Crippen molar-refractivity contribution in [2.75, 3.05) is 5.32 Å². The van der Waals surface area contributed by atoms with Crippen LogP contribution in [0.15, 0.2) is 16.6 Å². The van der Waals surface area contributed by atoms with Gasteiger partial charge in [0.1, 0.15) is 5.54 Å². The van der Waals surface area contributed by atoms with E-state index in [4.69, 9.17) is 0 Å². The first kappa shape index (κ1) is 14.8. The molecule has 2 rings (SSSR count). The molecule has 20 heavy (non-hydrogen) atoms.